The Morgan fingerprint density at radius 2 is 2.00 bits per heavy atom. The Labute approximate surface area is 123 Å². The van der Waals surface area contributed by atoms with Crippen molar-refractivity contribution in [2.45, 2.75) is 17.7 Å². The lowest BCUT2D eigenvalue weighted by Crippen LogP contribution is -2.31. The number of nitrogens with zero attached hydrogens (tertiary/aromatic N) is 2. The van der Waals surface area contributed by atoms with E-state index < -0.39 is 31.4 Å². The minimum Gasteiger partial charge on any atom is -0.268 e. The second kappa shape index (κ2) is 5.49. The van der Waals surface area contributed by atoms with Gasteiger partial charge in [-0.25, -0.2) is 12.7 Å². The van der Waals surface area contributed by atoms with E-state index in [0.29, 0.717) is 22.5 Å². The number of alkyl halides is 1. The second-order valence-corrected chi connectivity index (χ2v) is 6.78. The quantitative estimate of drug-likeness (QED) is 0.345. The van der Waals surface area contributed by atoms with Crippen LogP contribution in [0.25, 0.3) is 0 Å². The number of amides is 1. The van der Waals surface area contributed by atoms with Gasteiger partial charge >= 0.3 is 0 Å². The summed E-state index contributed by atoms with van der Waals surface area (Å²) in [5, 5.41) is 11.6. The average Bonchev–Trinajstić information content (AvgIpc) is 2.59. The van der Waals surface area contributed by atoms with Crippen LogP contribution in [0, 0.1) is 10.1 Å². The molecule has 0 N–H and O–H groups in total. The number of hydrogen-bond acceptors (Lipinski definition) is 5. The predicted molar refractivity (Wildman–Crippen MR) is 74.3 cm³/mol. The van der Waals surface area contributed by atoms with Gasteiger partial charge in [-0.3, -0.25) is 14.9 Å². The monoisotopic (exact) mass is 362 g/mol. The van der Waals surface area contributed by atoms with Crippen LogP contribution >= 0.6 is 15.9 Å². The molecule has 1 aliphatic rings. The molecule has 1 aromatic rings. The molecule has 108 valence electrons. The fraction of sp³-hybridized carbons (Fsp3) is 0.364. The molecule has 1 aromatic carbocycles. The van der Waals surface area contributed by atoms with Gasteiger partial charge in [0.1, 0.15) is 0 Å². The summed E-state index contributed by atoms with van der Waals surface area (Å²) in [6, 6.07) is 3.70. The van der Waals surface area contributed by atoms with E-state index in [4.69, 9.17) is 0 Å². The molecule has 2 rings (SSSR count). The molecule has 20 heavy (non-hydrogen) atoms. The summed E-state index contributed by atoms with van der Waals surface area (Å²) in [5.74, 6) is -0.696. The van der Waals surface area contributed by atoms with Crippen LogP contribution in [0.2, 0.25) is 0 Å². The molecule has 0 saturated heterocycles. The number of fused-ring (bicyclic) bond motifs is 1. The number of benzene rings is 1. The van der Waals surface area contributed by atoms with E-state index in [9.17, 15) is 23.3 Å². The molecule has 0 radical (unpaired) electrons. The van der Waals surface area contributed by atoms with Crippen LogP contribution in [0.1, 0.15) is 23.2 Å². The lowest BCUT2D eigenvalue weighted by molar-refractivity contribution is -0.387. The van der Waals surface area contributed by atoms with Gasteiger partial charge in [-0.2, -0.15) is 0 Å². The van der Waals surface area contributed by atoms with Gasteiger partial charge in [0, 0.05) is 17.9 Å². The molecule has 0 aliphatic carbocycles. The highest BCUT2D eigenvalue weighted by Gasteiger charge is 2.45. The summed E-state index contributed by atoms with van der Waals surface area (Å²) in [6.45, 7) is 0.0264. The zero-order valence-electron chi connectivity index (χ0n) is 10.3. The Bertz CT molecular complexity index is 673. The van der Waals surface area contributed by atoms with Gasteiger partial charge in [0.25, 0.3) is 21.6 Å². The Balaban J connectivity index is 2.49. The molecule has 0 bridgehead atoms. The maximum Gasteiger partial charge on any atom is 0.290 e. The SMILES string of the molecule is O=C1c2cccc([N+](=O)[O-])c2S(=O)(=O)N1CCCCBr. The van der Waals surface area contributed by atoms with Gasteiger partial charge in [0.05, 0.1) is 10.5 Å². The third-order valence-electron chi connectivity index (χ3n) is 2.94. The summed E-state index contributed by atoms with van der Waals surface area (Å²) in [5.41, 5.74) is -0.683. The summed E-state index contributed by atoms with van der Waals surface area (Å²) < 4.78 is 25.3. The Morgan fingerprint density at radius 3 is 2.60 bits per heavy atom. The number of halogens is 1. The molecule has 9 heteroatoms. The van der Waals surface area contributed by atoms with Crippen LogP contribution in [-0.2, 0) is 10.0 Å². The molecule has 0 aromatic heterocycles. The molecule has 0 atom stereocenters. The maximum absolute atomic E-state index is 12.3. The van der Waals surface area contributed by atoms with E-state index >= 15 is 0 Å². The van der Waals surface area contributed by atoms with E-state index in [2.05, 4.69) is 15.9 Å². The highest BCUT2D eigenvalue weighted by Crippen LogP contribution is 2.36. The number of nitro benzene ring substituents is 1. The second-order valence-electron chi connectivity index (χ2n) is 4.19. The van der Waals surface area contributed by atoms with Crippen LogP contribution in [0.4, 0.5) is 5.69 Å². The third-order valence-corrected chi connectivity index (χ3v) is 5.38. The minimum absolute atomic E-state index is 0.0264. The van der Waals surface area contributed by atoms with Crippen LogP contribution in [0.15, 0.2) is 23.1 Å². The topological polar surface area (TPSA) is 97.6 Å². The summed E-state index contributed by atoms with van der Waals surface area (Å²) >= 11 is 3.22. The molecule has 0 spiro atoms. The number of carbonyl (C=O) groups is 1. The first-order valence-corrected chi connectivity index (χ1v) is 8.38. The number of nitro groups is 1. The molecule has 7 nitrogen and oxygen atoms in total. The fourth-order valence-corrected chi connectivity index (χ4v) is 4.18. The summed E-state index contributed by atoms with van der Waals surface area (Å²) in [6.07, 6.45) is 1.20. The summed E-state index contributed by atoms with van der Waals surface area (Å²) in [7, 11) is -4.12. The Hall–Kier alpha value is -1.48. The van der Waals surface area contributed by atoms with Gasteiger partial charge in [0.15, 0.2) is 4.90 Å². The van der Waals surface area contributed by atoms with Crippen LogP contribution in [0.3, 0.4) is 0 Å². The molecule has 1 aliphatic heterocycles. The summed E-state index contributed by atoms with van der Waals surface area (Å²) in [4.78, 5) is 21.7. The molecule has 1 amide bonds. The number of carbonyl (C=O) groups excluding carboxylic acids is 1. The van der Waals surface area contributed by atoms with Crippen LogP contribution < -0.4 is 0 Å². The zero-order chi connectivity index (χ0) is 14.9. The van der Waals surface area contributed by atoms with Crippen LogP contribution in [-0.4, -0.2) is 35.4 Å². The lowest BCUT2D eigenvalue weighted by Gasteiger charge is -2.14. The first-order chi connectivity index (χ1) is 9.41. The van der Waals surface area contributed by atoms with Crippen molar-refractivity contribution in [3.05, 3.63) is 33.9 Å². The van der Waals surface area contributed by atoms with Crippen molar-refractivity contribution in [2.24, 2.45) is 0 Å². The van der Waals surface area contributed by atoms with Crippen molar-refractivity contribution in [3.8, 4) is 0 Å². The normalized spacial score (nSPS) is 16.2. The van der Waals surface area contributed by atoms with E-state index in [1.165, 1.54) is 12.1 Å². The van der Waals surface area contributed by atoms with Gasteiger partial charge in [-0.05, 0) is 18.9 Å². The van der Waals surface area contributed by atoms with E-state index in [1.807, 2.05) is 0 Å². The Morgan fingerprint density at radius 1 is 1.30 bits per heavy atom. The smallest absolute Gasteiger partial charge is 0.268 e. The van der Waals surface area contributed by atoms with Crippen molar-refractivity contribution in [3.63, 3.8) is 0 Å². The third kappa shape index (κ3) is 2.31. The fourth-order valence-electron chi connectivity index (χ4n) is 2.03. The van der Waals surface area contributed by atoms with Crippen molar-refractivity contribution < 1.29 is 18.1 Å². The van der Waals surface area contributed by atoms with E-state index in [-0.39, 0.29) is 12.1 Å². The molecule has 1 heterocycles. The molecular weight excluding hydrogens is 352 g/mol. The van der Waals surface area contributed by atoms with Crippen molar-refractivity contribution in [1.29, 1.82) is 0 Å². The molecule has 0 saturated carbocycles. The number of sulfonamides is 1. The number of unbranched alkanes of at least 4 members (excludes halogenated alkanes) is 1. The average molecular weight is 363 g/mol. The highest BCUT2D eigenvalue weighted by atomic mass is 79.9. The molecular formula is C11H11BrN2O5S. The van der Waals surface area contributed by atoms with Gasteiger partial charge in [-0.1, -0.05) is 22.0 Å². The minimum atomic E-state index is -4.12. The van der Waals surface area contributed by atoms with Crippen molar-refractivity contribution in [1.82, 2.24) is 4.31 Å². The van der Waals surface area contributed by atoms with E-state index in [1.54, 1.807) is 0 Å². The largest absolute Gasteiger partial charge is 0.290 e. The first-order valence-electron chi connectivity index (χ1n) is 5.81. The standard InChI is InChI=1S/C11H11BrN2O5S/c12-6-1-2-7-13-11(15)8-4-3-5-9(14(16)17)10(8)20(13,18)19/h3-5H,1-2,6-7H2. The number of hydrogen-bond donors (Lipinski definition) is 0. The molecule has 0 fully saturated rings. The zero-order valence-corrected chi connectivity index (χ0v) is 12.7. The highest BCUT2D eigenvalue weighted by molar-refractivity contribution is 9.09. The van der Waals surface area contributed by atoms with Gasteiger partial charge in [0.2, 0.25) is 0 Å². The maximum atomic E-state index is 12.3. The van der Waals surface area contributed by atoms with Crippen molar-refractivity contribution in [2.75, 3.05) is 11.9 Å². The van der Waals surface area contributed by atoms with E-state index in [0.717, 1.165) is 6.07 Å². The number of rotatable bonds is 5. The van der Waals surface area contributed by atoms with Crippen LogP contribution in [0.5, 0.6) is 0 Å². The van der Waals surface area contributed by atoms with Gasteiger partial charge < -0.3 is 0 Å². The molecule has 0 unspecified atom stereocenters. The first kappa shape index (κ1) is 14.9. The van der Waals surface area contributed by atoms with Gasteiger partial charge in [-0.15, -0.1) is 0 Å². The Kier molecular flexibility index (Phi) is 4.09. The lowest BCUT2D eigenvalue weighted by atomic mass is 10.2. The predicted octanol–water partition coefficient (Wildman–Crippen LogP) is 1.91. The van der Waals surface area contributed by atoms with Crippen molar-refractivity contribution >= 4 is 37.5 Å².